The highest BCUT2D eigenvalue weighted by Crippen LogP contribution is 2.39. The molecule has 2 aliphatic rings. The largest absolute Gasteiger partial charge is 0.490 e. The van der Waals surface area contributed by atoms with Gasteiger partial charge in [0, 0.05) is 39.9 Å². The number of benzene rings is 2. The number of hydrogen-bond donors (Lipinski definition) is 1. The molecule has 1 fully saturated rings. The highest BCUT2D eigenvalue weighted by Gasteiger charge is 2.36. The second-order valence-electron chi connectivity index (χ2n) is 10.6. The number of aliphatic hydroxyl groups excluding tert-OH is 1. The monoisotopic (exact) mass is 557 g/mol. The molecule has 1 heterocycles. The van der Waals surface area contributed by atoms with Crippen LogP contribution in [0.15, 0.2) is 42.5 Å². The molecule has 0 unspecified atom stereocenters. The molecule has 222 valence electrons. The standard InChI is InChI=1S/C32H47NO7/c1-4-37-20-24-9-12-26(13-10-24)32-30(7-5-8-31(32)40-23-27(34)22-36-3)39-21-25-11-14-29-28(19-25)33(16-18-38-29)15-6-17-35-2/h9-14,19,27,30-32,34H,4-8,15-18,20-23H2,1-3H3/t27-,30+,31-,32-/m1/s1. The number of fused-ring (bicyclic) bond motifs is 1. The van der Waals surface area contributed by atoms with Crippen molar-refractivity contribution in [2.24, 2.45) is 0 Å². The summed E-state index contributed by atoms with van der Waals surface area (Å²) >= 11 is 0. The van der Waals surface area contributed by atoms with Gasteiger partial charge in [-0.15, -0.1) is 0 Å². The Bertz CT molecular complexity index is 1000. The van der Waals surface area contributed by atoms with Gasteiger partial charge in [0.15, 0.2) is 0 Å². The van der Waals surface area contributed by atoms with Crippen LogP contribution < -0.4 is 9.64 Å². The molecule has 4 rings (SSSR count). The molecule has 1 aliphatic heterocycles. The molecule has 0 spiro atoms. The fourth-order valence-corrected chi connectivity index (χ4v) is 5.70. The molecule has 0 bridgehead atoms. The number of aliphatic hydroxyl groups is 1. The lowest BCUT2D eigenvalue weighted by Crippen LogP contribution is -2.39. The molecule has 0 aromatic heterocycles. The summed E-state index contributed by atoms with van der Waals surface area (Å²) < 4.78 is 34.9. The van der Waals surface area contributed by atoms with Crippen LogP contribution in [0.4, 0.5) is 5.69 Å². The van der Waals surface area contributed by atoms with E-state index in [1.165, 1.54) is 5.56 Å². The van der Waals surface area contributed by atoms with E-state index < -0.39 is 6.10 Å². The molecule has 1 N–H and O–H groups in total. The van der Waals surface area contributed by atoms with E-state index in [1.807, 2.05) is 6.92 Å². The van der Waals surface area contributed by atoms with Crippen LogP contribution >= 0.6 is 0 Å². The lowest BCUT2D eigenvalue weighted by molar-refractivity contribution is -0.0928. The minimum atomic E-state index is -0.648. The SMILES string of the molecule is CCOCc1ccc([C@@H]2[C@@H](OCc3ccc4c(c3)N(CCCOC)CCO4)CCC[C@H]2OC[C@H](O)COC)cc1. The predicted molar refractivity (Wildman–Crippen MR) is 155 cm³/mol. The maximum Gasteiger partial charge on any atom is 0.142 e. The van der Waals surface area contributed by atoms with Gasteiger partial charge in [0.05, 0.1) is 50.9 Å². The first-order chi connectivity index (χ1) is 19.6. The van der Waals surface area contributed by atoms with Crippen LogP contribution in [0.2, 0.25) is 0 Å². The Balaban J connectivity index is 1.48. The van der Waals surface area contributed by atoms with Crippen LogP contribution in [-0.2, 0) is 36.9 Å². The minimum Gasteiger partial charge on any atom is -0.490 e. The first-order valence-corrected chi connectivity index (χ1v) is 14.7. The molecule has 0 amide bonds. The number of rotatable bonds is 16. The summed E-state index contributed by atoms with van der Waals surface area (Å²) in [7, 11) is 3.33. The molecule has 2 aromatic carbocycles. The summed E-state index contributed by atoms with van der Waals surface area (Å²) in [6, 6.07) is 15.0. The molecule has 4 atom stereocenters. The molecule has 8 heteroatoms. The molecule has 40 heavy (non-hydrogen) atoms. The molecule has 2 aromatic rings. The molecule has 8 nitrogen and oxygen atoms in total. The van der Waals surface area contributed by atoms with Crippen molar-refractivity contribution in [3.05, 3.63) is 59.2 Å². The second kappa shape index (κ2) is 16.3. The molecule has 1 saturated carbocycles. The van der Waals surface area contributed by atoms with Crippen molar-refractivity contribution in [1.29, 1.82) is 0 Å². The van der Waals surface area contributed by atoms with Gasteiger partial charge in [-0.25, -0.2) is 0 Å². The normalized spacial score (nSPS) is 21.6. The lowest BCUT2D eigenvalue weighted by Gasteiger charge is -2.39. The van der Waals surface area contributed by atoms with Crippen molar-refractivity contribution in [3.8, 4) is 5.75 Å². The topological polar surface area (TPSA) is 78.9 Å². The number of methoxy groups -OCH3 is 2. The van der Waals surface area contributed by atoms with E-state index in [4.69, 9.17) is 28.4 Å². The average molecular weight is 558 g/mol. The van der Waals surface area contributed by atoms with Crippen molar-refractivity contribution < 1.29 is 33.5 Å². The Labute approximate surface area is 239 Å². The fraction of sp³-hybridized carbons (Fsp3) is 0.625. The van der Waals surface area contributed by atoms with E-state index in [0.717, 1.165) is 67.9 Å². The molecular formula is C32H47NO7. The van der Waals surface area contributed by atoms with Crippen LogP contribution in [0.5, 0.6) is 5.75 Å². The number of hydrogen-bond acceptors (Lipinski definition) is 8. The lowest BCUT2D eigenvalue weighted by atomic mass is 9.79. The zero-order valence-corrected chi connectivity index (χ0v) is 24.4. The van der Waals surface area contributed by atoms with Gasteiger partial charge in [-0.2, -0.15) is 0 Å². The Kier molecular flexibility index (Phi) is 12.5. The summed E-state index contributed by atoms with van der Waals surface area (Å²) in [4.78, 5) is 2.38. The Hall–Kier alpha value is -2.20. The van der Waals surface area contributed by atoms with Crippen LogP contribution in [0.1, 0.15) is 55.2 Å². The van der Waals surface area contributed by atoms with Crippen LogP contribution in [-0.4, -0.2) is 83.8 Å². The van der Waals surface area contributed by atoms with Crippen molar-refractivity contribution in [2.45, 2.75) is 70.1 Å². The Morgan fingerprint density at radius 1 is 0.950 bits per heavy atom. The zero-order chi connectivity index (χ0) is 28.2. The van der Waals surface area contributed by atoms with Gasteiger partial charge in [0.2, 0.25) is 0 Å². The first-order valence-electron chi connectivity index (χ1n) is 14.7. The average Bonchev–Trinajstić information content (AvgIpc) is 2.98. The van der Waals surface area contributed by atoms with Gasteiger partial charge in [-0.1, -0.05) is 30.3 Å². The zero-order valence-electron chi connectivity index (χ0n) is 24.4. The van der Waals surface area contributed by atoms with Gasteiger partial charge < -0.3 is 38.4 Å². The summed E-state index contributed by atoms with van der Waals surface area (Å²) in [6.07, 6.45) is 3.19. The van der Waals surface area contributed by atoms with Gasteiger partial charge in [0.25, 0.3) is 0 Å². The van der Waals surface area contributed by atoms with E-state index in [9.17, 15) is 5.11 Å². The number of nitrogens with zero attached hydrogens (tertiary/aromatic N) is 1. The van der Waals surface area contributed by atoms with Crippen molar-refractivity contribution >= 4 is 5.69 Å². The van der Waals surface area contributed by atoms with E-state index in [2.05, 4.69) is 47.4 Å². The van der Waals surface area contributed by atoms with Crippen molar-refractivity contribution in [2.75, 3.05) is 65.2 Å². The van der Waals surface area contributed by atoms with Gasteiger partial charge in [-0.3, -0.25) is 0 Å². The van der Waals surface area contributed by atoms with Crippen LogP contribution in [0.25, 0.3) is 0 Å². The Morgan fingerprint density at radius 3 is 2.48 bits per heavy atom. The number of ether oxygens (including phenoxy) is 6. The van der Waals surface area contributed by atoms with Gasteiger partial charge in [0.1, 0.15) is 18.5 Å². The third-order valence-electron chi connectivity index (χ3n) is 7.70. The summed E-state index contributed by atoms with van der Waals surface area (Å²) in [5, 5.41) is 10.2. The fourth-order valence-electron chi connectivity index (χ4n) is 5.70. The predicted octanol–water partition coefficient (Wildman–Crippen LogP) is 4.70. The smallest absolute Gasteiger partial charge is 0.142 e. The van der Waals surface area contributed by atoms with Gasteiger partial charge >= 0.3 is 0 Å². The minimum absolute atomic E-state index is 0.00106. The molecule has 0 radical (unpaired) electrons. The summed E-state index contributed by atoms with van der Waals surface area (Å²) in [5.74, 6) is 0.995. The third-order valence-corrected chi connectivity index (χ3v) is 7.70. The first kappa shape index (κ1) is 30.8. The van der Waals surface area contributed by atoms with E-state index in [1.54, 1.807) is 14.2 Å². The summed E-state index contributed by atoms with van der Waals surface area (Å²) in [5.41, 5.74) is 4.60. The second-order valence-corrected chi connectivity index (χ2v) is 10.6. The maximum absolute atomic E-state index is 10.2. The maximum atomic E-state index is 10.2. The highest BCUT2D eigenvalue weighted by molar-refractivity contribution is 5.61. The van der Waals surface area contributed by atoms with E-state index in [-0.39, 0.29) is 31.3 Å². The Morgan fingerprint density at radius 2 is 1.73 bits per heavy atom. The van der Waals surface area contributed by atoms with Crippen molar-refractivity contribution in [3.63, 3.8) is 0 Å². The van der Waals surface area contributed by atoms with Crippen molar-refractivity contribution in [1.82, 2.24) is 0 Å². The van der Waals surface area contributed by atoms with Crippen LogP contribution in [0.3, 0.4) is 0 Å². The molecule has 1 aliphatic carbocycles. The summed E-state index contributed by atoms with van der Waals surface area (Å²) in [6.45, 7) is 7.58. The highest BCUT2D eigenvalue weighted by atomic mass is 16.5. The number of anilines is 1. The molecule has 0 saturated heterocycles. The van der Waals surface area contributed by atoms with Crippen LogP contribution in [0, 0.1) is 0 Å². The quantitative estimate of drug-likeness (QED) is 0.298. The molecular weight excluding hydrogens is 510 g/mol. The third kappa shape index (κ3) is 8.65. The van der Waals surface area contributed by atoms with E-state index >= 15 is 0 Å². The van der Waals surface area contributed by atoms with E-state index in [0.29, 0.717) is 26.4 Å². The van der Waals surface area contributed by atoms with Gasteiger partial charge in [-0.05, 0) is 61.4 Å².